The number of aryl methyl sites for hydroxylation is 1. The lowest BCUT2D eigenvalue weighted by atomic mass is 9.93. The van der Waals surface area contributed by atoms with Gasteiger partial charge in [-0.3, -0.25) is 4.68 Å². The second kappa shape index (κ2) is 5.48. The molecule has 0 bridgehead atoms. The second-order valence-electron chi connectivity index (χ2n) is 5.06. The molecule has 1 fully saturated rings. The van der Waals surface area contributed by atoms with E-state index in [9.17, 15) is 0 Å². The molecule has 2 rings (SSSR count). The van der Waals surface area contributed by atoms with Crippen molar-refractivity contribution in [3.05, 3.63) is 18.0 Å². The van der Waals surface area contributed by atoms with Crippen molar-refractivity contribution >= 4 is 0 Å². The predicted molar refractivity (Wildman–Crippen MR) is 66.3 cm³/mol. The molecule has 1 N–H and O–H groups in total. The summed E-state index contributed by atoms with van der Waals surface area (Å²) in [7, 11) is 4.08. The van der Waals surface area contributed by atoms with Gasteiger partial charge in [0.25, 0.3) is 0 Å². The van der Waals surface area contributed by atoms with E-state index in [1.807, 2.05) is 17.9 Å². The molecule has 1 aliphatic rings. The second-order valence-corrected chi connectivity index (χ2v) is 5.06. The smallest absolute Gasteiger partial charge is 0.0627 e. The molecule has 3 heteroatoms. The van der Waals surface area contributed by atoms with Crippen molar-refractivity contribution in [3.8, 4) is 0 Å². The van der Waals surface area contributed by atoms with Gasteiger partial charge in [-0.1, -0.05) is 19.3 Å². The molecule has 2 unspecified atom stereocenters. The fraction of sp³-hybridized carbons (Fsp3) is 0.769. The van der Waals surface area contributed by atoms with E-state index in [4.69, 9.17) is 0 Å². The SMILES string of the molecule is CNC1CCCCC(Cc2ccn(C)n2)C1. The Morgan fingerprint density at radius 2 is 2.25 bits per heavy atom. The third-order valence-electron chi connectivity index (χ3n) is 3.71. The molecule has 0 spiro atoms. The molecule has 0 radical (unpaired) electrons. The first kappa shape index (κ1) is 11.6. The van der Waals surface area contributed by atoms with Crippen LogP contribution in [0.1, 0.15) is 37.8 Å². The van der Waals surface area contributed by atoms with Crippen LogP contribution >= 0.6 is 0 Å². The molecule has 1 aromatic heterocycles. The van der Waals surface area contributed by atoms with E-state index in [0.29, 0.717) is 0 Å². The monoisotopic (exact) mass is 221 g/mol. The van der Waals surface area contributed by atoms with Crippen LogP contribution in [0.4, 0.5) is 0 Å². The van der Waals surface area contributed by atoms with Gasteiger partial charge < -0.3 is 5.32 Å². The predicted octanol–water partition coefficient (Wildman–Crippen LogP) is 2.13. The summed E-state index contributed by atoms with van der Waals surface area (Å²) in [4.78, 5) is 0. The molecule has 16 heavy (non-hydrogen) atoms. The van der Waals surface area contributed by atoms with E-state index in [0.717, 1.165) is 18.4 Å². The summed E-state index contributed by atoms with van der Waals surface area (Å²) in [5.74, 6) is 0.815. The van der Waals surface area contributed by atoms with Gasteiger partial charge in [0.15, 0.2) is 0 Å². The average molecular weight is 221 g/mol. The Bertz CT molecular complexity index is 319. The summed E-state index contributed by atoms with van der Waals surface area (Å²) in [5.41, 5.74) is 1.25. The molecule has 0 saturated heterocycles. The molecule has 1 aromatic rings. The van der Waals surface area contributed by atoms with Crippen LogP contribution in [0.2, 0.25) is 0 Å². The minimum absolute atomic E-state index is 0.719. The lowest BCUT2D eigenvalue weighted by molar-refractivity contribution is 0.397. The van der Waals surface area contributed by atoms with Crippen LogP contribution < -0.4 is 5.32 Å². The third kappa shape index (κ3) is 3.08. The van der Waals surface area contributed by atoms with Gasteiger partial charge in [-0.25, -0.2) is 0 Å². The van der Waals surface area contributed by atoms with Gasteiger partial charge in [0.2, 0.25) is 0 Å². The first-order chi connectivity index (χ1) is 7.78. The highest BCUT2D eigenvalue weighted by Crippen LogP contribution is 2.25. The minimum Gasteiger partial charge on any atom is -0.317 e. The molecule has 90 valence electrons. The minimum atomic E-state index is 0.719. The third-order valence-corrected chi connectivity index (χ3v) is 3.71. The van der Waals surface area contributed by atoms with Crippen LogP contribution in [-0.2, 0) is 13.5 Å². The van der Waals surface area contributed by atoms with E-state index in [-0.39, 0.29) is 0 Å². The lowest BCUT2D eigenvalue weighted by Gasteiger charge is -2.18. The van der Waals surface area contributed by atoms with Crippen molar-refractivity contribution < 1.29 is 0 Å². The maximum absolute atomic E-state index is 4.48. The highest BCUT2D eigenvalue weighted by atomic mass is 15.2. The van der Waals surface area contributed by atoms with E-state index < -0.39 is 0 Å². The van der Waals surface area contributed by atoms with Gasteiger partial charge in [0, 0.05) is 19.3 Å². The fourth-order valence-corrected chi connectivity index (χ4v) is 2.78. The largest absolute Gasteiger partial charge is 0.317 e. The normalized spacial score (nSPS) is 26.6. The van der Waals surface area contributed by atoms with E-state index >= 15 is 0 Å². The Labute approximate surface area is 98.2 Å². The Hall–Kier alpha value is -0.830. The quantitative estimate of drug-likeness (QED) is 0.792. The first-order valence-electron chi connectivity index (χ1n) is 6.43. The summed E-state index contributed by atoms with van der Waals surface area (Å²) in [6.07, 6.45) is 9.98. The van der Waals surface area contributed by atoms with E-state index in [2.05, 4.69) is 23.5 Å². The average Bonchev–Trinajstić information content (AvgIpc) is 2.55. The maximum Gasteiger partial charge on any atom is 0.0627 e. The number of nitrogens with zero attached hydrogens (tertiary/aromatic N) is 2. The van der Waals surface area contributed by atoms with E-state index in [1.165, 1.54) is 37.8 Å². The highest BCUT2D eigenvalue weighted by molar-refractivity contribution is 5.00. The maximum atomic E-state index is 4.48. The highest BCUT2D eigenvalue weighted by Gasteiger charge is 2.19. The number of hydrogen-bond acceptors (Lipinski definition) is 2. The van der Waals surface area contributed by atoms with Crippen molar-refractivity contribution in [1.82, 2.24) is 15.1 Å². The van der Waals surface area contributed by atoms with Gasteiger partial charge in [0.1, 0.15) is 0 Å². The van der Waals surface area contributed by atoms with Crippen LogP contribution in [0.5, 0.6) is 0 Å². The van der Waals surface area contributed by atoms with Crippen LogP contribution in [0.25, 0.3) is 0 Å². The molecule has 0 aliphatic heterocycles. The van der Waals surface area contributed by atoms with Crippen molar-refractivity contribution in [3.63, 3.8) is 0 Å². The van der Waals surface area contributed by atoms with Gasteiger partial charge in [-0.15, -0.1) is 0 Å². The Kier molecular flexibility index (Phi) is 3.99. The zero-order valence-corrected chi connectivity index (χ0v) is 10.4. The Morgan fingerprint density at radius 1 is 1.44 bits per heavy atom. The van der Waals surface area contributed by atoms with Gasteiger partial charge in [-0.05, 0) is 38.3 Å². The Balaban J connectivity index is 1.92. The van der Waals surface area contributed by atoms with Crippen molar-refractivity contribution in [1.29, 1.82) is 0 Å². The molecular weight excluding hydrogens is 198 g/mol. The van der Waals surface area contributed by atoms with Crippen molar-refractivity contribution in [2.45, 2.75) is 44.6 Å². The summed E-state index contributed by atoms with van der Waals surface area (Å²) < 4.78 is 1.90. The molecule has 1 heterocycles. The Morgan fingerprint density at radius 3 is 2.94 bits per heavy atom. The first-order valence-corrected chi connectivity index (χ1v) is 6.43. The summed E-state index contributed by atoms with van der Waals surface area (Å²) in [6, 6.07) is 2.87. The molecule has 2 atom stereocenters. The molecule has 1 aliphatic carbocycles. The molecule has 1 saturated carbocycles. The topological polar surface area (TPSA) is 29.9 Å². The number of nitrogens with one attached hydrogen (secondary N) is 1. The number of rotatable bonds is 3. The van der Waals surface area contributed by atoms with Crippen molar-refractivity contribution in [2.75, 3.05) is 7.05 Å². The fourth-order valence-electron chi connectivity index (χ4n) is 2.78. The number of hydrogen-bond donors (Lipinski definition) is 1. The summed E-state index contributed by atoms with van der Waals surface area (Å²) in [6.45, 7) is 0. The summed E-state index contributed by atoms with van der Waals surface area (Å²) >= 11 is 0. The molecule has 0 aromatic carbocycles. The number of aromatic nitrogens is 2. The standard InChI is InChI=1S/C13H23N3/c1-14-12-6-4-3-5-11(9-12)10-13-7-8-16(2)15-13/h7-8,11-12,14H,3-6,9-10H2,1-2H3. The molecular formula is C13H23N3. The van der Waals surface area contributed by atoms with Gasteiger partial charge in [-0.2, -0.15) is 5.10 Å². The molecule has 3 nitrogen and oxygen atoms in total. The van der Waals surface area contributed by atoms with Crippen LogP contribution in [-0.4, -0.2) is 22.9 Å². The zero-order chi connectivity index (χ0) is 11.4. The van der Waals surface area contributed by atoms with Crippen LogP contribution in [0.15, 0.2) is 12.3 Å². The van der Waals surface area contributed by atoms with Crippen molar-refractivity contribution in [2.24, 2.45) is 13.0 Å². The molecule has 0 amide bonds. The van der Waals surface area contributed by atoms with Gasteiger partial charge in [0.05, 0.1) is 5.69 Å². The zero-order valence-electron chi connectivity index (χ0n) is 10.4. The van der Waals surface area contributed by atoms with Crippen LogP contribution in [0.3, 0.4) is 0 Å². The van der Waals surface area contributed by atoms with E-state index in [1.54, 1.807) is 0 Å². The van der Waals surface area contributed by atoms with Crippen LogP contribution in [0, 0.1) is 5.92 Å². The summed E-state index contributed by atoms with van der Waals surface area (Å²) in [5, 5.41) is 7.92. The lowest BCUT2D eigenvalue weighted by Crippen LogP contribution is -2.26. The van der Waals surface area contributed by atoms with Gasteiger partial charge >= 0.3 is 0 Å².